The van der Waals surface area contributed by atoms with Crippen LogP contribution in [0.1, 0.15) is 12.5 Å². The van der Waals surface area contributed by atoms with Crippen LogP contribution in [-0.2, 0) is 6.18 Å². The maximum absolute atomic E-state index is 12.6. The molecule has 0 aliphatic rings. The van der Waals surface area contributed by atoms with Gasteiger partial charge >= 0.3 is 6.18 Å². The lowest BCUT2D eigenvalue weighted by Gasteiger charge is -2.12. The van der Waals surface area contributed by atoms with Gasteiger partial charge in [0.15, 0.2) is 0 Å². The molecule has 0 fully saturated rings. The van der Waals surface area contributed by atoms with Crippen LogP contribution in [0.15, 0.2) is 36.0 Å². The van der Waals surface area contributed by atoms with E-state index in [1.807, 2.05) is 0 Å². The number of ether oxygens (including phenoxy) is 1. The molecule has 3 nitrogen and oxygen atoms in total. The highest BCUT2D eigenvalue weighted by Crippen LogP contribution is 2.35. The first-order valence-electron chi connectivity index (χ1n) is 4.67. The van der Waals surface area contributed by atoms with E-state index in [0.29, 0.717) is 0 Å². The molecule has 1 aromatic carbocycles. The first-order valence-corrected chi connectivity index (χ1v) is 4.67. The Morgan fingerprint density at radius 3 is 2.47 bits per heavy atom. The van der Waals surface area contributed by atoms with Crippen LogP contribution in [-0.4, -0.2) is 5.90 Å². The lowest BCUT2D eigenvalue weighted by Crippen LogP contribution is -2.12. The van der Waals surface area contributed by atoms with E-state index in [0.717, 1.165) is 18.2 Å². The van der Waals surface area contributed by atoms with Crippen LogP contribution in [0.2, 0.25) is 0 Å². The number of hydrogen-bond donors (Lipinski definition) is 2. The molecule has 0 radical (unpaired) electrons. The number of nitrogens with two attached hydrogens (primary N) is 1. The van der Waals surface area contributed by atoms with E-state index >= 15 is 0 Å². The van der Waals surface area contributed by atoms with Gasteiger partial charge in [-0.3, -0.25) is 5.41 Å². The van der Waals surface area contributed by atoms with Gasteiger partial charge in [-0.1, -0.05) is 12.1 Å². The van der Waals surface area contributed by atoms with Gasteiger partial charge < -0.3 is 10.5 Å². The molecule has 0 atom stereocenters. The summed E-state index contributed by atoms with van der Waals surface area (Å²) in [6.45, 7) is 1.51. The predicted octanol–water partition coefficient (Wildman–Crippen LogP) is 2.92. The second kappa shape index (κ2) is 4.90. The van der Waals surface area contributed by atoms with Gasteiger partial charge in [-0.2, -0.15) is 13.2 Å². The quantitative estimate of drug-likeness (QED) is 0.620. The zero-order chi connectivity index (χ0) is 13.1. The molecule has 0 bridgehead atoms. The zero-order valence-corrected chi connectivity index (χ0v) is 9.01. The third kappa shape index (κ3) is 3.82. The molecule has 3 N–H and O–H groups in total. The summed E-state index contributed by atoms with van der Waals surface area (Å²) in [4.78, 5) is 0. The number of allylic oxidation sites excluding steroid dienone is 1. The van der Waals surface area contributed by atoms with Crippen molar-refractivity contribution >= 4 is 5.90 Å². The van der Waals surface area contributed by atoms with E-state index in [-0.39, 0.29) is 5.70 Å². The topological polar surface area (TPSA) is 59.1 Å². The van der Waals surface area contributed by atoms with Crippen LogP contribution in [0.3, 0.4) is 0 Å². The monoisotopic (exact) mass is 244 g/mol. The molecular formula is C11H11F3N2O. The molecule has 0 spiro atoms. The van der Waals surface area contributed by atoms with Crippen molar-refractivity contribution in [3.8, 4) is 5.75 Å². The van der Waals surface area contributed by atoms with Gasteiger partial charge in [0.1, 0.15) is 5.75 Å². The molecule has 0 amide bonds. The maximum Gasteiger partial charge on any atom is 0.419 e. The summed E-state index contributed by atoms with van der Waals surface area (Å²) in [5.74, 6) is -0.857. The number of alkyl halides is 3. The molecule has 0 aliphatic carbocycles. The molecule has 0 saturated carbocycles. The summed E-state index contributed by atoms with van der Waals surface area (Å²) < 4.78 is 42.5. The van der Waals surface area contributed by atoms with Crippen molar-refractivity contribution in [1.29, 1.82) is 5.41 Å². The smallest absolute Gasteiger partial charge is 0.419 e. The van der Waals surface area contributed by atoms with Crippen molar-refractivity contribution < 1.29 is 17.9 Å². The second-order valence-electron chi connectivity index (χ2n) is 3.35. The summed E-state index contributed by atoms with van der Waals surface area (Å²) in [7, 11) is 0. The molecule has 0 heterocycles. The molecular weight excluding hydrogens is 233 g/mol. The number of rotatable bonds is 2. The summed E-state index contributed by atoms with van der Waals surface area (Å²) in [5.41, 5.74) is 4.64. The minimum atomic E-state index is -4.52. The van der Waals surface area contributed by atoms with E-state index < -0.39 is 23.4 Å². The zero-order valence-electron chi connectivity index (χ0n) is 9.01. The van der Waals surface area contributed by atoms with Gasteiger partial charge in [-0.15, -0.1) is 0 Å². The van der Waals surface area contributed by atoms with Crippen molar-refractivity contribution in [3.63, 3.8) is 0 Å². The molecule has 0 aromatic heterocycles. The molecule has 92 valence electrons. The lowest BCUT2D eigenvalue weighted by molar-refractivity contribution is -0.138. The van der Waals surface area contributed by atoms with E-state index in [1.165, 1.54) is 19.1 Å². The highest BCUT2D eigenvalue weighted by atomic mass is 19.4. The molecule has 6 heteroatoms. The first-order chi connectivity index (χ1) is 7.80. The normalized spacial score (nSPS) is 12.4. The molecule has 1 rings (SSSR count). The van der Waals surface area contributed by atoms with Crippen LogP contribution >= 0.6 is 0 Å². The number of nitrogens with one attached hydrogen (secondary N) is 1. The predicted molar refractivity (Wildman–Crippen MR) is 57.7 cm³/mol. The van der Waals surface area contributed by atoms with Gasteiger partial charge in [0.25, 0.3) is 0 Å². The van der Waals surface area contributed by atoms with Crippen LogP contribution in [0.5, 0.6) is 5.75 Å². The minimum Gasteiger partial charge on any atom is -0.439 e. The fraction of sp³-hybridized carbons (Fsp3) is 0.182. The number of halogens is 3. The largest absolute Gasteiger partial charge is 0.439 e. The number of para-hydroxylation sites is 1. The first kappa shape index (κ1) is 13.1. The van der Waals surface area contributed by atoms with Crippen LogP contribution in [0, 0.1) is 5.41 Å². The summed E-state index contributed by atoms with van der Waals surface area (Å²) >= 11 is 0. The van der Waals surface area contributed by atoms with Crippen molar-refractivity contribution in [2.75, 3.05) is 0 Å². The second-order valence-corrected chi connectivity index (χ2v) is 3.35. The Bertz CT molecular complexity index is 448. The van der Waals surface area contributed by atoms with E-state index in [1.54, 1.807) is 0 Å². The Labute approximate surface area is 96.2 Å². The van der Waals surface area contributed by atoms with Crippen molar-refractivity contribution in [3.05, 3.63) is 41.6 Å². The van der Waals surface area contributed by atoms with E-state index in [9.17, 15) is 13.2 Å². The van der Waals surface area contributed by atoms with Gasteiger partial charge in [-0.05, 0) is 19.1 Å². The van der Waals surface area contributed by atoms with Crippen LogP contribution in [0.4, 0.5) is 13.2 Å². The summed E-state index contributed by atoms with van der Waals surface area (Å²) in [5, 5.41) is 7.31. The average molecular weight is 244 g/mol. The highest BCUT2D eigenvalue weighted by Gasteiger charge is 2.34. The molecule has 1 aromatic rings. The fourth-order valence-electron chi connectivity index (χ4n) is 1.14. The van der Waals surface area contributed by atoms with Crippen molar-refractivity contribution in [2.45, 2.75) is 13.1 Å². The molecule has 0 aliphatic heterocycles. The van der Waals surface area contributed by atoms with Crippen LogP contribution < -0.4 is 10.5 Å². The Morgan fingerprint density at radius 1 is 1.35 bits per heavy atom. The Morgan fingerprint density at radius 2 is 1.94 bits per heavy atom. The number of hydrogen-bond acceptors (Lipinski definition) is 3. The maximum atomic E-state index is 12.6. The van der Waals surface area contributed by atoms with Crippen molar-refractivity contribution in [1.82, 2.24) is 0 Å². The molecule has 0 saturated heterocycles. The standard InChI is InChI=1S/C11H11F3N2O/c1-7(15)6-10(16)17-9-5-3-2-4-8(9)11(12,13)14/h2-6,16H,15H2,1H3/b7-6-,16-10?. The average Bonchev–Trinajstić information content (AvgIpc) is 2.15. The Kier molecular flexibility index (Phi) is 3.77. The van der Waals surface area contributed by atoms with Gasteiger partial charge in [-0.25, -0.2) is 0 Å². The van der Waals surface area contributed by atoms with Gasteiger partial charge in [0, 0.05) is 11.8 Å². The SMILES string of the molecule is C/C(N)=C/C(=N)Oc1ccccc1C(F)(F)F. The van der Waals surface area contributed by atoms with Gasteiger partial charge in [0.05, 0.1) is 5.56 Å². The summed E-state index contributed by atoms with van der Waals surface area (Å²) in [6, 6.07) is 4.69. The van der Waals surface area contributed by atoms with Crippen molar-refractivity contribution in [2.24, 2.45) is 5.73 Å². The van der Waals surface area contributed by atoms with Gasteiger partial charge in [0.2, 0.25) is 5.90 Å². The Balaban J connectivity index is 3.00. The highest BCUT2D eigenvalue weighted by molar-refractivity contribution is 5.87. The molecule has 0 unspecified atom stereocenters. The third-order valence-corrected chi connectivity index (χ3v) is 1.77. The number of benzene rings is 1. The van der Waals surface area contributed by atoms with E-state index in [4.69, 9.17) is 15.9 Å². The lowest BCUT2D eigenvalue weighted by atomic mass is 10.2. The molecule has 17 heavy (non-hydrogen) atoms. The third-order valence-electron chi connectivity index (χ3n) is 1.77. The minimum absolute atomic E-state index is 0.277. The van der Waals surface area contributed by atoms with Crippen LogP contribution in [0.25, 0.3) is 0 Å². The van der Waals surface area contributed by atoms with E-state index in [2.05, 4.69) is 0 Å². The summed E-state index contributed by atoms with van der Waals surface area (Å²) in [6.07, 6.45) is -3.38. The fourth-order valence-corrected chi connectivity index (χ4v) is 1.14. The Hall–Kier alpha value is -1.98.